The molecule has 3 rings (SSSR count). The van der Waals surface area contributed by atoms with E-state index in [1.807, 2.05) is 24.3 Å². The zero-order chi connectivity index (χ0) is 22.4. The quantitative estimate of drug-likeness (QED) is 0.635. The number of methoxy groups -OCH3 is 1. The molecule has 0 fully saturated rings. The third-order valence-electron chi connectivity index (χ3n) is 6.35. The summed E-state index contributed by atoms with van der Waals surface area (Å²) >= 11 is 0. The molecule has 0 spiro atoms. The molecule has 0 saturated heterocycles. The molecule has 6 nitrogen and oxygen atoms in total. The van der Waals surface area contributed by atoms with Crippen molar-refractivity contribution >= 4 is 0 Å². The van der Waals surface area contributed by atoms with Crippen LogP contribution in [0.3, 0.4) is 0 Å². The third kappa shape index (κ3) is 3.85. The van der Waals surface area contributed by atoms with Gasteiger partial charge >= 0.3 is 0 Å². The lowest BCUT2D eigenvalue weighted by molar-refractivity contribution is 0.283. The summed E-state index contributed by atoms with van der Waals surface area (Å²) in [6, 6.07) is 12.1. The van der Waals surface area contributed by atoms with Crippen molar-refractivity contribution in [3.05, 3.63) is 46.7 Å². The normalized spacial score (nSPS) is 21.7. The van der Waals surface area contributed by atoms with Gasteiger partial charge in [0, 0.05) is 5.92 Å². The lowest BCUT2D eigenvalue weighted by Crippen LogP contribution is -2.42. The molecule has 0 aromatic heterocycles. The first-order chi connectivity index (χ1) is 15.1. The minimum absolute atomic E-state index is 0.0493. The van der Waals surface area contributed by atoms with E-state index in [1.165, 1.54) is 0 Å². The van der Waals surface area contributed by atoms with Crippen molar-refractivity contribution in [2.75, 3.05) is 13.7 Å². The zero-order valence-electron chi connectivity index (χ0n) is 18.1. The average molecular weight is 417 g/mol. The van der Waals surface area contributed by atoms with Crippen molar-refractivity contribution in [1.82, 2.24) is 0 Å². The van der Waals surface area contributed by atoms with Crippen molar-refractivity contribution in [3.8, 4) is 29.7 Å². The Kier molecular flexibility index (Phi) is 6.88. The summed E-state index contributed by atoms with van der Waals surface area (Å²) in [6.45, 7) is 2.74. The lowest BCUT2D eigenvalue weighted by atomic mass is 9.57. The molecule has 2 N–H and O–H groups in total. The number of rotatable bonds is 7. The summed E-state index contributed by atoms with van der Waals surface area (Å²) < 4.78 is 11.5. The van der Waals surface area contributed by atoms with Crippen LogP contribution in [0.5, 0.6) is 11.5 Å². The summed E-state index contributed by atoms with van der Waals surface area (Å²) in [5.41, 5.74) is 6.70. The Morgan fingerprint density at radius 1 is 1.16 bits per heavy atom. The summed E-state index contributed by atoms with van der Waals surface area (Å²) in [5, 5.41) is 30.0. The van der Waals surface area contributed by atoms with Gasteiger partial charge in [-0.1, -0.05) is 31.9 Å². The standard InChI is InChI=1S/C25H28N4O2/c1-3-4-7-12-31-21-11-10-17(13-22(21)30-2)23-19-9-6-5-8-18(19)20(14-26)24(29)25(23,15-27)16-28/h8,10-11,13,19,23H,3-7,9,12,29H2,1-2H3/t19-,23-/m1/s1. The van der Waals surface area contributed by atoms with Gasteiger partial charge < -0.3 is 15.2 Å². The van der Waals surface area contributed by atoms with Gasteiger partial charge in [0.05, 0.1) is 37.1 Å². The van der Waals surface area contributed by atoms with E-state index >= 15 is 0 Å². The minimum atomic E-state index is -1.61. The largest absolute Gasteiger partial charge is 0.493 e. The second-order valence-electron chi connectivity index (χ2n) is 8.07. The zero-order valence-corrected chi connectivity index (χ0v) is 18.1. The topological polar surface area (TPSA) is 116 Å². The van der Waals surface area contributed by atoms with E-state index < -0.39 is 11.3 Å². The SMILES string of the molecule is CCCCCOc1ccc([C@@H]2[C@@H]3CCCC=C3C(C#N)=C(N)C2(C#N)C#N)cc1OC. The molecule has 2 aliphatic carbocycles. The second-order valence-corrected chi connectivity index (χ2v) is 8.07. The Hall–Kier alpha value is -3.43. The highest BCUT2D eigenvalue weighted by molar-refractivity contribution is 5.60. The highest BCUT2D eigenvalue weighted by Crippen LogP contribution is 2.56. The Morgan fingerprint density at radius 2 is 1.94 bits per heavy atom. The van der Waals surface area contributed by atoms with Gasteiger partial charge in [0.25, 0.3) is 0 Å². The molecule has 0 amide bonds. The number of nitriles is 3. The fourth-order valence-electron chi connectivity index (χ4n) is 4.78. The van der Waals surface area contributed by atoms with Gasteiger partial charge in [-0.2, -0.15) is 15.8 Å². The van der Waals surface area contributed by atoms with Crippen LogP contribution in [-0.4, -0.2) is 13.7 Å². The number of nitrogens with two attached hydrogens (primary N) is 1. The number of unbranched alkanes of at least 4 members (excludes halogenated alkanes) is 2. The molecular formula is C25H28N4O2. The first kappa shape index (κ1) is 22.3. The van der Waals surface area contributed by atoms with Crippen LogP contribution in [0.2, 0.25) is 0 Å². The molecule has 0 heterocycles. The van der Waals surface area contributed by atoms with Gasteiger partial charge in [0.1, 0.15) is 6.07 Å². The number of nitrogens with zero attached hydrogens (tertiary/aromatic N) is 3. The molecule has 2 atom stereocenters. The van der Waals surface area contributed by atoms with Crippen LogP contribution in [0.25, 0.3) is 0 Å². The van der Waals surface area contributed by atoms with Gasteiger partial charge in [-0.05, 0) is 54.9 Å². The van der Waals surface area contributed by atoms with Crippen molar-refractivity contribution < 1.29 is 9.47 Å². The summed E-state index contributed by atoms with van der Waals surface area (Å²) in [6.07, 6.45) is 7.79. The van der Waals surface area contributed by atoms with Crippen molar-refractivity contribution in [1.29, 1.82) is 15.8 Å². The van der Waals surface area contributed by atoms with Crippen LogP contribution < -0.4 is 15.2 Å². The van der Waals surface area contributed by atoms with Crippen LogP contribution >= 0.6 is 0 Å². The molecule has 1 aromatic rings. The fraction of sp³-hybridized carbons (Fsp3) is 0.480. The Balaban J connectivity index is 2.10. The van der Waals surface area contributed by atoms with Crippen LogP contribution in [0.1, 0.15) is 56.9 Å². The maximum atomic E-state index is 10.1. The summed E-state index contributed by atoms with van der Waals surface area (Å²) in [5.74, 6) is 0.581. The van der Waals surface area contributed by atoms with Crippen LogP contribution in [0.4, 0.5) is 0 Å². The third-order valence-corrected chi connectivity index (χ3v) is 6.35. The fourth-order valence-corrected chi connectivity index (χ4v) is 4.78. The smallest absolute Gasteiger partial charge is 0.191 e. The molecule has 0 unspecified atom stereocenters. The van der Waals surface area contributed by atoms with E-state index in [4.69, 9.17) is 15.2 Å². The first-order valence-electron chi connectivity index (χ1n) is 10.8. The van der Waals surface area contributed by atoms with Crippen LogP contribution in [0, 0.1) is 45.3 Å². The molecule has 0 radical (unpaired) electrons. The van der Waals surface area contributed by atoms with E-state index in [-0.39, 0.29) is 17.2 Å². The molecule has 6 heteroatoms. The maximum absolute atomic E-state index is 10.1. The molecular weight excluding hydrogens is 388 g/mol. The lowest BCUT2D eigenvalue weighted by Gasteiger charge is -2.43. The monoisotopic (exact) mass is 416 g/mol. The Labute approximate surface area is 184 Å². The molecule has 0 bridgehead atoms. The van der Waals surface area contributed by atoms with Crippen molar-refractivity contribution in [2.24, 2.45) is 17.1 Å². The van der Waals surface area contributed by atoms with Gasteiger partial charge in [-0.15, -0.1) is 0 Å². The molecule has 0 aliphatic heterocycles. The van der Waals surface area contributed by atoms with Gasteiger partial charge in [0.2, 0.25) is 0 Å². The average Bonchev–Trinajstić information content (AvgIpc) is 2.81. The van der Waals surface area contributed by atoms with E-state index in [0.717, 1.165) is 49.7 Å². The Morgan fingerprint density at radius 3 is 2.58 bits per heavy atom. The van der Waals surface area contributed by atoms with E-state index in [0.29, 0.717) is 18.1 Å². The molecule has 1 aromatic carbocycles. The van der Waals surface area contributed by atoms with Crippen LogP contribution in [-0.2, 0) is 0 Å². The summed E-state index contributed by atoms with van der Waals surface area (Å²) in [4.78, 5) is 0. The minimum Gasteiger partial charge on any atom is -0.493 e. The van der Waals surface area contributed by atoms with E-state index in [9.17, 15) is 15.8 Å². The van der Waals surface area contributed by atoms with Gasteiger partial charge in [0.15, 0.2) is 16.9 Å². The molecule has 160 valence electrons. The number of allylic oxidation sites excluding steroid dienone is 4. The predicted octanol–water partition coefficient (Wildman–Crippen LogP) is 4.86. The highest BCUT2D eigenvalue weighted by Gasteiger charge is 2.53. The summed E-state index contributed by atoms with van der Waals surface area (Å²) in [7, 11) is 1.58. The molecule has 2 aliphatic rings. The Bertz CT molecular complexity index is 1010. The van der Waals surface area contributed by atoms with Crippen molar-refractivity contribution in [2.45, 2.75) is 51.4 Å². The highest BCUT2D eigenvalue weighted by atomic mass is 16.5. The first-order valence-corrected chi connectivity index (χ1v) is 10.8. The number of fused-ring (bicyclic) bond motifs is 1. The van der Waals surface area contributed by atoms with E-state index in [2.05, 4.69) is 25.1 Å². The number of hydrogen-bond donors (Lipinski definition) is 1. The second kappa shape index (κ2) is 9.59. The maximum Gasteiger partial charge on any atom is 0.191 e. The number of hydrogen-bond acceptors (Lipinski definition) is 6. The number of ether oxygens (including phenoxy) is 2. The number of benzene rings is 1. The van der Waals surface area contributed by atoms with Gasteiger partial charge in [-0.25, -0.2) is 0 Å². The van der Waals surface area contributed by atoms with E-state index in [1.54, 1.807) is 7.11 Å². The molecule has 0 saturated carbocycles. The molecule has 31 heavy (non-hydrogen) atoms. The van der Waals surface area contributed by atoms with Crippen molar-refractivity contribution in [3.63, 3.8) is 0 Å². The van der Waals surface area contributed by atoms with Crippen LogP contribution in [0.15, 0.2) is 41.1 Å². The predicted molar refractivity (Wildman–Crippen MR) is 117 cm³/mol. The van der Waals surface area contributed by atoms with Gasteiger partial charge in [-0.3, -0.25) is 0 Å².